The molecule has 2 atom stereocenters. The van der Waals surface area contributed by atoms with Gasteiger partial charge in [0.15, 0.2) is 0 Å². The van der Waals surface area contributed by atoms with Crippen LogP contribution in [0.3, 0.4) is 0 Å². The summed E-state index contributed by atoms with van der Waals surface area (Å²) in [6.07, 6.45) is 0.262. The minimum Gasteiger partial charge on any atom is -0.393 e. The highest BCUT2D eigenvalue weighted by atomic mass is 32.1. The van der Waals surface area contributed by atoms with Crippen LogP contribution >= 0.6 is 11.3 Å². The molecular formula is C18H20N2O3S. The molecule has 2 amide bonds. The van der Waals surface area contributed by atoms with E-state index in [1.54, 1.807) is 24.3 Å². The molecule has 24 heavy (non-hydrogen) atoms. The van der Waals surface area contributed by atoms with Crippen LogP contribution in [0.2, 0.25) is 0 Å². The van der Waals surface area contributed by atoms with Crippen LogP contribution in [0.4, 0.5) is 5.69 Å². The van der Waals surface area contributed by atoms with E-state index in [0.717, 1.165) is 16.9 Å². The number of hydrogen-bond donors (Lipinski definition) is 2. The second kappa shape index (κ2) is 7.15. The first-order chi connectivity index (χ1) is 11.5. The number of carbonyl (C=O) groups excluding carboxylic acids is 2. The molecule has 126 valence electrons. The van der Waals surface area contributed by atoms with Crippen LogP contribution in [0.25, 0.3) is 10.4 Å². The highest BCUT2D eigenvalue weighted by Crippen LogP contribution is 2.27. The second-order valence-corrected chi connectivity index (χ2v) is 7.00. The molecule has 0 aliphatic carbocycles. The quantitative estimate of drug-likeness (QED) is 0.841. The predicted molar refractivity (Wildman–Crippen MR) is 94.8 cm³/mol. The maximum atomic E-state index is 12.3. The van der Waals surface area contributed by atoms with Gasteiger partial charge in [-0.05, 0) is 42.5 Å². The molecule has 1 aromatic heterocycles. The first kappa shape index (κ1) is 16.7. The minimum atomic E-state index is -0.635. The zero-order valence-electron chi connectivity index (χ0n) is 13.4. The number of carbonyl (C=O) groups is 2. The molecule has 2 unspecified atom stereocenters. The molecule has 5 nitrogen and oxygen atoms in total. The molecule has 0 spiro atoms. The fourth-order valence-electron chi connectivity index (χ4n) is 2.89. The van der Waals surface area contributed by atoms with E-state index in [1.807, 2.05) is 35.7 Å². The summed E-state index contributed by atoms with van der Waals surface area (Å²) in [4.78, 5) is 27.1. The number of thiophene rings is 1. The Kier molecular flexibility index (Phi) is 4.97. The molecular weight excluding hydrogens is 324 g/mol. The average molecular weight is 344 g/mol. The fourth-order valence-corrected chi connectivity index (χ4v) is 3.61. The number of nitrogens with zero attached hydrogens (tertiary/aromatic N) is 1. The first-order valence-electron chi connectivity index (χ1n) is 7.97. The maximum absolute atomic E-state index is 12.3. The fraction of sp³-hybridized carbons (Fsp3) is 0.333. The number of rotatable bonds is 3. The highest BCUT2D eigenvalue weighted by molar-refractivity contribution is 7.13. The topological polar surface area (TPSA) is 69.6 Å². The third kappa shape index (κ3) is 3.66. The van der Waals surface area contributed by atoms with E-state index < -0.39 is 17.9 Å². The van der Waals surface area contributed by atoms with E-state index >= 15 is 0 Å². The van der Waals surface area contributed by atoms with Crippen LogP contribution in [-0.4, -0.2) is 41.0 Å². The molecule has 0 bridgehead atoms. The summed E-state index contributed by atoms with van der Waals surface area (Å²) in [7, 11) is 0. The van der Waals surface area contributed by atoms with E-state index in [0.29, 0.717) is 18.8 Å². The van der Waals surface area contributed by atoms with E-state index in [1.165, 1.54) is 4.90 Å². The lowest BCUT2D eigenvalue weighted by atomic mass is 10.0. The summed E-state index contributed by atoms with van der Waals surface area (Å²) in [5, 5.41) is 14.3. The number of likely N-dealkylation sites (tertiary alicyclic amines) is 1. The van der Waals surface area contributed by atoms with Gasteiger partial charge in [-0.2, -0.15) is 0 Å². The van der Waals surface area contributed by atoms with Crippen LogP contribution in [-0.2, 0) is 9.59 Å². The van der Waals surface area contributed by atoms with Gasteiger partial charge in [0.2, 0.25) is 0 Å². The molecule has 1 aliphatic rings. The summed E-state index contributed by atoms with van der Waals surface area (Å²) in [5.74, 6) is -1.13. The third-order valence-electron chi connectivity index (χ3n) is 4.31. The zero-order chi connectivity index (χ0) is 17.1. The second-order valence-electron chi connectivity index (χ2n) is 6.05. The van der Waals surface area contributed by atoms with Gasteiger partial charge in [-0.3, -0.25) is 9.59 Å². The van der Waals surface area contributed by atoms with E-state index in [4.69, 9.17) is 0 Å². The van der Waals surface area contributed by atoms with Crippen molar-refractivity contribution in [3.8, 4) is 10.4 Å². The van der Waals surface area contributed by atoms with Gasteiger partial charge >= 0.3 is 11.8 Å². The van der Waals surface area contributed by atoms with Crippen molar-refractivity contribution in [2.75, 3.05) is 18.4 Å². The zero-order valence-corrected chi connectivity index (χ0v) is 14.3. The van der Waals surface area contributed by atoms with Crippen molar-refractivity contribution in [1.82, 2.24) is 4.90 Å². The molecule has 1 aliphatic heterocycles. The summed E-state index contributed by atoms with van der Waals surface area (Å²) in [6.45, 7) is 2.66. The van der Waals surface area contributed by atoms with Gasteiger partial charge in [0.05, 0.1) is 6.10 Å². The number of aliphatic hydroxyl groups is 1. The van der Waals surface area contributed by atoms with Crippen molar-refractivity contribution in [3.63, 3.8) is 0 Å². The molecule has 6 heteroatoms. The van der Waals surface area contributed by atoms with Gasteiger partial charge in [-0.25, -0.2) is 0 Å². The van der Waals surface area contributed by atoms with Crippen molar-refractivity contribution in [2.45, 2.75) is 19.4 Å². The highest BCUT2D eigenvalue weighted by Gasteiger charge is 2.32. The van der Waals surface area contributed by atoms with Gasteiger partial charge in [0, 0.05) is 29.6 Å². The Balaban J connectivity index is 1.65. The number of aliphatic hydroxyl groups excluding tert-OH is 1. The maximum Gasteiger partial charge on any atom is 0.313 e. The van der Waals surface area contributed by atoms with Gasteiger partial charge in [-0.1, -0.05) is 18.2 Å². The van der Waals surface area contributed by atoms with E-state index in [-0.39, 0.29) is 5.92 Å². The SMILES string of the molecule is CC(O)C1CCN(C(=O)C(=O)Nc2cccc(-c3cccs3)c2)C1. The minimum absolute atomic E-state index is 0.0453. The summed E-state index contributed by atoms with van der Waals surface area (Å²) < 4.78 is 0. The van der Waals surface area contributed by atoms with Gasteiger partial charge < -0.3 is 15.3 Å². The Hall–Kier alpha value is -2.18. The predicted octanol–water partition coefficient (Wildman–Crippen LogP) is 2.58. The first-order valence-corrected chi connectivity index (χ1v) is 8.85. The van der Waals surface area contributed by atoms with Gasteiger partial charge in [-0.15, -0.1) is 11.3 Å². The Labute approximate surface area is 144 Å². The Morgan fingerprint density at radius 2 is 2.17 bits per heavy atom. The molecule has 3 rings (SSSR count). The van der Waals surface area contributed by atoms with E-state index in [9.17, 15) is 14.7 Å². The summed E-state index contributed by atoms with van der Waals surface area (Å²) in [6, 6.07) is 11.4. The number of benzene rings is 1. The molecule has 0 saturated carbocycles. The number of hydrogen-bond acceptors (Lipinski definition) is 4. The Morgan fingerprint density at radius 3 is 2.83 bits per heavy atom. The molecule has 1 saturated heterocycles. The number of anilines is 1. The van der Waals surface area contributed by atoms with Crippen LogP contribution in [0.5, 0.6) is 0 Å². The molecule has 2 N–H and O–H groups in total. The summed E-state index contributed by atoms with van der Waals surface area (Å²) >= 11 is 1.62. The molecule has 2 heterocycles. The number of amides is 2. The number of nitrogens with one attached hydrogen (secondary N) is 1. The average Bonchev–Trinajstić information content (AvgIpc) is 3.26. The van der Waals surface area contributed by atoms with Crippen LogP contribution in [0.15, 0.2) is 41.8 Å². The Bertz CT molecular complexity index is 728. The lowest BCUT2D eigenvalue weighted by molar-refractivity contribution is -0.142. The standard InChI is InChI=1S/C18H20N2O3S/c1-12(21)14-7-8-20(11-14)18(23)17(22)19-15-5-2-4-13(10-15)16-6-3-9-24-16/h2-6,9-10,12,14,21H,7-8,11H2,1H3,(H,19,22). The van der Waals surface area contributed by atoms with Crippen LogP contribution < -0.4 is 5.32 Å². The Morgan fingerprint density at radius 1 is 1.33 bits per heavy atom. The van der Waals surface area contributed by atoms with Gasteiger partial charge in [0.25, 0.3) is 0 Å². The summed E-state index contributed by atoms with van der Waals surface area (Å²) in [5.41, 5.74) is 1.61. The lowest BCUT2D eigenvalue weighted by Gasteiger charge is -2.17. The molecule has 1 aromatic carbocycles. The molecule has 2 aromatic rings. The van der Waals surface area contributed by atoms with E-state index in [2.05, 4.69) is 5.32 Å². The van der Waals surface area contributed by atoms with Crippen molar-refractivity contribution in [1.29, 1.82) is 0 Å². The van der Waals surface area contributed by atoms with Gasteiger partial charge in [0.1, 0.15) is 0 Å². The van der Waals surface area contributed by atoms with Crippen LogP contribution in [0.1, 0.15) is 13.3 Å². The third-order valence-corrected chi connectivity index (χ3v) is 5.23. The lowest BCUT2D eigenvalue weighted by Crippen LogP contribution is -2.38. The molecule has 0 radical (unpaired) electrons. The van der Waals surface area contributed by atoms with Crippen molar-refractivity contribution >= 4 is 28.8 Å². The van der Waals surface area contributed by atoms with Crippen LogP contribution in [0, 0.1) is 5.92 Å². The van der Waals surface area contributed by atoms with Crippen molar-refractivity contribution < 1.29 is 14.7 Å². The van der Waals surface area contributed by atoms with Crippen molar-refractivity contribution in [3.05, 3.63) is 41.8 Å². The largest absolute Gasteiger partial charge is 0.393 e. The normalized spacial score (nSPS) is 18.4. The molecule has 1 fully saturated rings. The smallest absolute Gasteiger partial charge is 0.313 e. The monoisotopic (exact) mass is 344 g/mol. The van der Waals surface area contributed by atoms with Crippen molar-refractivity contribution in [2.24, 2.45) is 5.92 Å².